The minimum absolute atomic E-state index is 0.0294. The van der Waals surface area contributed by atoms with Gasteiger partial charge in [0.05, 0.1) is 6.04 Å². The van der Waals surface area contributed by atoms with Crippen LogP contribution in [0.15, 0.2) is 34.7 Å². The highest BCUT2D eigenvalue weighted by molar-refractivity contribution is 6.38. The van der Waals surface area contributed by atoms with Gasteiger partial charge in [-0.2, -0.15) is 0 Å². The summed E-state index contributed by atoms with van der Waals surface area (Å²) >= 11 is 0. The van der Waals surface area contributed by atoms with Crippen LogP contribution in [0, 0.1) is 17.8 Å². The molecule has 41 heavy (non-hydrogen) atoms. The number of carbonyl (C=O) groups is 5. The Morgan fingerprint density at radius 1 is 1.00 bits per heavy atom. The first-order valence-electron chi connectivity index (χ1n) is 15.0. The number of furan rings is 1. The summed E-state index contributed by atoms with van der Waals surface area (Å²) in [5.41, 5.74) is -0.0446. The second kappa shape index (κ2) is 13.4. The van der Waals surface area contributed by atoms with Crippen LogP contribution in [-0.2, 0) is 19.2 Å². The Labute approximate surface area is 241 Å². The van der Waals surface area contributed by atoms with Crippen molar-refractivity contribution in [2.45, 2.75) is 96.6 Å². The third kappa shape index (κ3) is 8.50. The van der Waals surface area contributed by atoms with Crippen LogP contribution >= 0.6 is 0 Å². The Bertz CT molecular complexity index is 1240. The van der Waals surface area contributed by atoms with Crippen LogP contribution in [0.4, 0.5) is 0 Å². The standard InChI is InChI=1S/C32H43N3O6/c1-32(2,3)35-31(40)28(37)24(17-22-13-9-15-33-29(22)38)34-30(39)23(16-20-10-5-4-6-11-20)18-25(36)27-19-21-12-7-8-14-26(21)41-27/h7-8,12,14,19-20,22-24H,4-6,9-11,13,15-18H2,1-3H3,(H,33,38)(H,34,39)(H,35,40)/t22-,23+,24-/m0/s1. The van der Waals surface area contributed by atoms with Crippen LogP contribution in [0.25, 0.3) is 11.0 Å². The third-order valence-corrected chi connectivity index (χ3v) is 8.11. The summed E-state index contributed by atoms with van der Waals surface area (Å²) in [6.07, 6.45) is 7.11. The lowest BCUT2D eigenvalue weighted by molar-refractivity contribution is -0.142. The average molecular weight is 566 g/mol. The number of para-hydroxylation sites is 1. The van der Waals surface area contributed by atoms with Gasteiger partial charge < -0.3 is 20.4 Å². The number of carbonyl (C=O) groups excluding carboxylic acids is 5. The smallest absolute Gasteiger partial charge is 0.290 e. The number of fused-ring (bicyclic) bond motifs is 1. The zero-order valence-corrected chi connectivity index (χ0v) is 24.4. The molecule has 3 atom stereocenters. The van der Waals surface area contributed by atoms with E-state index in [0.29, 0.717) is 30.9 Å². The van der Waals surface area contributed by atoms with E-state index in [-0.39, 0.29) is 30.3 Å². The number of rotatable bonds is 11. The lowest BCUT2D eigenvalue weighted by Crippen LogP contribution is -2.54. The third-order valence-electron chi connectivity index (χ3n) is 8.11. The summed E-state index contributed by atoms with van der Waals surface area (Å²) < 4.78 is 5.78. The van der Waals surface area contributed by atoms with Crippen molar-refractivity contribution in [1.82, 2.24) is 16.0 Å². The minimum Gasteiger partial charge on any atom is -0.453 e. The molecule has 1 aromatic carbocycles. The second-order valence-electron chi connectivity index (χ2n) is 12.7. The van der Waals surface area contributed by atoms with Gasteiger partial charge in [-0.1, -0.05) is 50.3 Å². The molecule has 2 aliphatic rings. The molecule has 2 heterocycles. The summed E-state index contributed by atoms with van der Waals surface area (Å²) in [6.45, 7) is 5.87. The lowest BCUT2D eigenvalue weighted by atomic mass is 9.80. The van der Waals surface area contributed by atoms with Gasteiger partial charge in [0.1, 0.15) is 5.58 Å². The maximum Gasteiger partial charge on any atom is 0.290 e. The monoisotopic (exact) mass is 565 g/mol. The van der Waals surface area contributed by atoms with Gasteiger partial charge in [-0.25, -0.2) is 0 Å². The molecule has 2 fully saturated rings. The maximum atomic E-state index is 13.8. The summed E-state index contributed by atoms with van der Waals surface area (Å²) in [5, 5.41) is 9.11. The predicted molar refractivity (Wildman–Crippen MR) is 155 cm³/mol. The molecule has 1 aliphatic heterocycles. The topological polar surface area (TPSA) is 135 Å². The van der Waals surface area contributed by atoms with Crippen LogP contribution in [0.5, 0.6) is 0 Å². The number of piperidine rings is 1. The number of benzene rings is 1. The van der Waals surface area contributed by atoms with E-state index in [4.69, 9.17) is 4.42 Å². The summed E-state index contributed by atoms with van der Waals surface area (Å²) in [5.74, 6) is -3.19. The van der Waals surface area contributed by atoms with Crippen LogP contribution in [-0.4, -0.2) is 47.4 Å². The number of Topliss-reactive ketones (excluding diaryl/α,β-unsaturated/α-hetero) is 2. The van der Waals surface area contributed by atoms with E-state index in [1.54, 1.807) is 32.9 Å². The first-order chi connectivity index (χ1) is 19.5. The number of hydrogen-bond acceptors (Lipinski definition) is 6. The molecule has 2 aromatic rings. The second-order valence-corrected chi connectivity index (χ2v) is 12.7. The first kappa shape index (κ1) is 30.5. The minimum atomic E-state index is -1.17. The molecule has 0 unspecified atom stereocenters. The first-order valence-corrected chi connectivity index (χ1v) is 15.0. The quantitative estimate of drug-likeness (QED) is 0.272. The van der Waals surface area contributed by atoms with Gasteiger partial charge in [0.25, 0.3) is 5.91 Å². The number of hydrogen-bond donors (Lipinski definition) is 3. The highest BCUT2D eigenvalue weighted by Crippen LogP contribution is 2.32. The zero-order valence-electron chi connectivity index (χ0n) is 24.4. The molecule has 1 aliphatic carbocycles. The van der Waals surface area contributed by atoms with Crippen molar-refractivity contribution >= 4 is 40.3 Å². The number of nitrogens with one attached hydrogen (secondary N) is 3. The van der Waals surface area contributed by atoms with Gasteiger partial charge in [0.15, 0.2) is 11.5 Å². The molecule has 4 rings (SSSR count). The van der Waals surface area contributed by atoms with Crippen molar-refractivity contribution in [3.63, 3.8) is 0 Å². The molecule has 0 spiro atoms. The molecule has 1 saturated carbocycles. The Kier molecular flexibility index (Phi) is 9.99. The molecule has 1 aromatic heterocycles. The van der Waals surface area contributed by atoms with Crippen molar-refractivity contribution in [1.29, 1.82) is 0 Å². The molecule has 1 saturated heterocycles. The molecule has 0 radical (unpaired) electrons. The average Bonchev–Trinajstić information content (AvgIpc) is 3.37. The lowest BCUT2D eigenvalue weighted by Gasteiger charge is -2.29. The molecule has 9 nitrogen and oxygen atoms in total. The van der Waals surface area contributed by atoms with Gasteiger partial charge in [-0.3, -0.25) is 24.0 Å². The fraction of sp³-hybridized carbons (Fsp3) is 0.594. The molecule has 222 valence electrons. The van der Waals surface area contributed by atoms with Crippen LogP contribution in [0.1, 0.15) is 95.5 Å². The highest BCUT2D eigenvalue weighted by atomic mass is 16.3. The van der Waals surface area contributed by atoms with Crippen molar-refractivity contribution in [2.75, 3.05) is 6.54 Å². The summed E-state index contributed by atoms with van der Waals surface area (Å²) in [7, 11) is 0. The van der Waals surface area contributed by atoms with E-state index >= 15 is 0 Å². The predicted octanol–water partition coefficient (Wildman–Crippen LogP) is 4.48. The van der Waals surface area contributed by atoms with Crippen molar-refractivity contribution in [2.24, 2.45) is 17.8 Å². The fourth-order valence-electron chi connectivity index (χ4n) is 5.98. The summed E-state index contributed by atoms with van der Waals surface area (Å²) in [6, 6.07) is 7.87. The van der Waals surface area contributed by atoms with E-state index in [0.717, 1.165) is 43.9 Å². The zero-order chi connectivity index (χ0) is 29.6. The van der Waals surface area contributed by atoms with Crippen molar-refractivity contribution in [3.8, 4) is 0 Å². The Balaban J connectivity index is 1.54. The number of amides is 3. The van der Waals surface area contributed by atoms with E-state index in [1.807, 2.05) is 18.2 Å². The molecule has 3 N–H and O–H groups in total. The van der Waals surface area contributed by atoms with Crippen LogP contribution in [0.3, 0.4) is 0 Å². The molecule has 0 bridgehead atoms. The van der Waals surface area contributed by atoms with E-state index < -0.39 is 41.0 Å². The Morgan fingerprint density at radius 2 is 1.73 bits per heavy atom. The van der Waals surface area contributed by atoms with Gasteiger partial charge in [0.2, 0.25) is 17.6 Å². The van der Waals surface area contributed by atoms with Crippen LogP contribution < -0.4 is 16.0 Å². The molecular weight excluding hydrogens is 522 g/mol. The normalized spacial score (nSPS) is 19.7. The molecular formula is C32H43N3O6. The van der Waals surface area contributed by atoms with Crippen molar-refractivity contribution in [3.05, 3.63) is 36.1 Å². The Hall–Kier alpha value is -3.49. The van der Waals surface area contributed by atoms with Gasteiger partial charge in [-0.15, -0.1) is 0 Å². The summed E-state index contributed by atoms with van der Waals surface area (Å²) in [4.78, 5) is 65.9. The van der Waals surface area contributed by atoms with Gasteiger partial charge >= 0.3 is 0 Å². The SMILES string of the molecule is CC(C)(C)NC(=O)C(=O)[C@H](C[C@@H]1CCCNC1=O)NC(=O)[C@@H](CC(=O)c1cc2ccccc2o1)CC1CCCCC1. The van der Waals surface area contributed by atoms with E-state index in [1.165, 1.54) is 0 Å². The molecule has 9 heteroatoms. The molecule has 3 amide bonds. The fourth-order valence-corrected chi connectivity index (χ4v) is 5.98. The maximum absolute atomic E-state index is 13.8. The Morgan fingerprint density at radius 3 is 2.41 bits per heavy atom. The van der Waals surface area contributed by atoms with Gasteiger partial charge in [-0.05, 0) is 64.5 Å². The van der Waals surface area contributed by atoms with Crippen molar-refractivity contribution < 1.29 is 28.4 Å². The van der Waals surface area contributed by atoms with Gasteiger partial charge in [0, 0.05) is 35.7 Å². The van der Waals surface area contributed by atoms with E-state index in [2.05, 4.69) is 16.0 Å². The number of ketones is 2. The highest BCUT2D eigenvalue weighted by Gasteiger charge is 2.36. The largest absolute Gasteiger partial charge is 0.453 e. The van der Waals surface area contributed by atoms with E-state index in [9.17, 15) is 24.0 Å². The van der Waals surface area contributed by atoms with Crippen LogP contribution in [0.2, 0.25) is 0 Å².